The van der Waals surface area contributed by atoms with Crippen molar-refractivity contribution in [3.05, 3.63) is 38.7 Å². The predicted octanol–water partition coefficient (Wildman–Crippen LogP) is -0.861. The van der Waals surface area contributed by atoms with Crippen molar-refractivity contribution in [3.8, 4) is 0 Å². The van der Waals surface area contributed by atoms with Crippen LogP contribution in [0.5, 0.6) is 0 Å². The van der Waals surface area contributed by atoms with Gasteiger partial charge < -0.3 is 5.32 Å². The van der Waals surface area contributed by atoms with Crippen molar-refractivity contribution in [2.45, 2.75) is 19.9 Å². The minimum Gasteiger partial charge on any atom is -0.359 e. The predicted molar refractivity (Wildman–Crippen MR) is 89.1 cm³/mol. The lowest BCUT2D eigenvalue weighted by Gasteiger charge is -2.13. The summed E-state index contributed by atoms with van der Waals surface area (Å²) in [5.41, 5.74) is 4.12. The van der Waals surface area contributed by atoms with Gasteiger partial charge in [-0.25, -0.2) is 9.78 Å². The number of pyridine rings is 1. The van der Waals surface area contributed by atoms with Crippen molar-refractivity contribution < 1.29 is 4.79 Å². The molecule has 10 heteroatoms. The molecule has 1 amide bonds. The van der Waals surface area contributed by atoms with E-state index in [0.717, 1.165) is 0 Å². The van der Waals surface area contributed by atoms with Crippen molar-refractivity contribution in [2.24, 2.45) is 7.05 Å². The van der Waals surface area contributed by atoms with Gasteiger partial charge >= 0.3 is 5.69 Å². The van der Waals surface area contributed by atoms with Crippen LogP contribution in [0.4, 0.5) is 0 Å². The first kappa shape index (κ1) is 16.6. The first-order valence-corrected chi connectivity index (χ1v) is 7.16. The van der Waals surface area contributed by atoms with Crippen LogP contribution in [-0.2, 0) is 7.05 Å². The maximum atomic E-state index is 12.1. The zero-order valence-electron chi connectivity index (χ0n) is 12.8. The quantitative estimate of drug-likeness (QED) is 0.416. The van der Waals surface area contributed by atoms with E-state index in [1.54, 1.807) is 0 Å². The van der Waals surface area contributed by atoms with E-state index >= 15 is 0 Å². The normalized spacial score (nSPS) is 10.6. The standard InChI is InChI=1S/C13H16N6O3S/c1-6(2)15-12(23)18-17-10(20)7-4-8-9(14-5-7)19(3)13(22)16-11(8)21/h4-6H,1-3H3,(H,17,20)(H2,15,18,23)(H,16,21,22). The molecule has 0 atom stereocenters. The highest BCUT2D eigenvalue weighted by atomic mass is 32.1. The fourth-order valence-corrected chi connectivity index (χ4v) is 2.13. The van der Waals surface area contributed by atoms with Gasteiger partial charge in [0, 0.05) is 19.3 Å². The van der Waals surface area contributed by atoms with Gasteiger partial charge in [0.25, 0.3) is 11.5 Å². The van der Waals surface area contributed by atoms with Gasteiger partial charge in [-0.3, -0.25) is 30.0 Å². The molecule has 0 unspecified atom stereocenters. The van der Waals surface area contributed by atoms with Gasteiger partial charge in [-0.15, -0.1) is 0 Å². The third-order valence-corrected chi connectivity index (χ3v) is 3.15. The smallest absolute Gasteiger partial charge is 0.329 e. The summed E-state index contributed by atoms with van der Waals surface area (Å²) >= 11 is 4.98. The Morgan fingerprint density at radius 1 is 1.35 bits per heavy atom. The van der Waals surface area contributed by atoms with E-state index in [0.29, 0.717) is 0 Å². The molecule has 0 aliphatic heterocycles. The third-order valence-electron chi connectivity index (χ3n) is 2.93. The van der Waals surface area contributed by atoms with Gasteiger partial charge in [0.15, 0.2) is 5.11 Å². The average Bonchev–Trinajstić information content (AvgIpc) is 2.49. The van der Waals surface area contributed by atoms with Crippen LogP contribution in [0, 0.1) is 0 Å². The van der Waals surface area contributed by atoms with E-state index in [1.165, 1.54) is 23.9 Å². The summed E-state index contributed by atoms with van der Waals surface area (Å²) < 4.78 is 1.19. The second kappa shape index (κ2) is 6.57. The molecule has 0 radical (unpaired) electrons. The zero-order valence-corrected chi connectivity index (χ0v) is 13.6. The molecule has 0 saturated carbocycles. The van der Waals surface area contributed by atoms with Crippen LogP contribution < -0.4 is 27.4 Å². The highest BCUT2D eigenvalue weighted by Crippen LogP contribution is 2.06. The Hall–Kier alpha value is -2.75. The fourth-order valence-electron chi connectivity index (χ4n) is 1.84. The molecule has 0 aliphatic rings. The van der Waals surface area contributed by atoms with Crippen LogP contribution in [0.15, 0.2) is 21.9 Å². The fraction of sp³-hybridized carbons (Fsp3) is 0.308. The van der Waals surface area contributed by atoms with E-state index in [2.05, 4.69) is 26.1 Å². The molecule has 0 aliphatic carbocycles. The Labute approximate surface area is 136 Å². The minimum absolute atomic E-state index is 0.120. The molecule has 4 N–H and O–H groups in total. The van der Waals surface area contributed by atoms with E-state index in [1.807, 2.05) is 13.8 Å². The second-order valence-electron chi connectivity index (χ2n) is 5.12. The van der Waals surface area contributed by atoms with Gasteiger partial charge in [0.2, 0.25) is 0 Å². The van der Waals surface area contributed by atoms with Crippen LogP contribution >= 0.6 is 12.2 Å². The molecule has 23 heavy (non-hydrogen) atoms. The first-order valence-electron chi connectivity index (χ1n) is 6.75. The lowest BCUT2D eigenvalue weighted by molar-refractivity contribution is 0.0943. The van der Waals surface area contributed by atoms with E-state index in [4.69, 9.17) is 12.2 Å². The highest BCUT2D eigenvalue weighted by molar-refractivity contribution is 7.80. The van der Waals surface area contributed by atoms with Gasteiger partial charge in [-0.05, 0) is 32.1 Å². The lowest BCUT2D eigenvalue weighted by Crippen LogP contribution is -2.48. The molecule has 2 aromatic heterocycles. The van der Waals surface area contributed by atoms with Crippen LogP contribution in [0.1, 0.15) is 24.2 Å². The van der Waals surface area contributed by atoms with Crippen LogP contribution in [-0.4, -0.2) is 31.6 Å². The van der Waals surface area contributed by atoms with Gasteiger partial charge in [-0.1, -0.05) is 0 Å². The van der Waals surface area contributed by atoms with E-state index in [9.17, 15) is 14.4 Å². The largest absolute Gasteiger partial charge is 0.359 e. The van der Waals surface area contributed by atoms with Crippen molar-refractivity contribution in [1.29, 1.82) is 0 Å². The monoisotopic (exact) mass is 336 g/mol. The maximum Gasteiger partial charge on any atom is 0.329 e. The number of aromatic amines is 1. The maximum absolute atomic E-state index is 12.1. The Morgan fingerprint density at radius 3 is 2.70 bits per heavy atom. The van der Waals surface area contributed by atoms with Crippen LogP contribution in [0.3, 0.4) is 0 Å². The summed E-state index contributed by atoms with van der Waals surface area (Å²) in [6.45, 7) is 3.80. The van der Waals surface area contributed by atoms with Gasteiger partial charge in [0.05, 0.1) is 10.9 Å². The summed E-state index contributed by atoms with van der Waals surface area (Å²) in [6, 6.07) is 1.48. The Kier molecular flexibility index (Phi) is 4.74. The van der Waals surface area contributed by atoms with Crippen molar-refractivity contribution in [3.63, 3.8) is 0 Å². The minimum atomic E-state index is -0.602. The number of thiocarbonyl (C=S) groups is 1. The number of amides is 1. The first-order chi connectivity index (χ1) is 10.8. The number of aromatic nitrogens is 3. The molecule has 0 spiro atoms. The summed E-state index contributed by atoms with van der Waals surface area (Å²) in [4.78, 5) is 41.5. The Morgan fingerprint density at radius 2 is 2.04 bits per heavy atom. The summed E-state index contributed by atoms with van der Waals surface area (Å²) in [5, 5.41) is 3.31. The molecule has 122 valence electrons. The number of H-pyrrole nitrogens is 1. The van der Waals surface area contributed by atoms with Crippen molar-refractivity contribution >= 4 is 34.3 Å². The number of carbonyl (C=O) groups excluding carboxylic acids is 1. The molecule has 2 heterocycles. The number of aryl methyl sites for hydroxylation is 1. The number of hydrazine groups is 1. The van der Waals surface area contributed by atoms with E-state index in [-0.39, 0.29) is 27.8 Å². The number of carbonyl (C=O) groups is 1. The number of nitrogens with one attached hydrogen (secondary N) is 4. The SMILES string of the molecule is CC(C)NC(=S)NNC(=O)c1cnc2c(c1)c(=O)[nH]c(=O)n2C. The molecular formula is C13H16N6O3S. The summed E-state index contributed by atoms with van der Waals surface area (Å²) in [6.07, 6.45) is 1.27. The summed E-state index contributed by atoms with van der Waals surface area (Å²) in [7, 11) is 1.48. The van der Waals surface area contributed by atoms with E-state index < -0.39 is 17.2 Å². The van der Waals surface area contributed by atoms with Gasteiger partial charge in [0.1, 0.15) is 5.65 Å². The third kappa shape index (κ3) is 3.72. The van der Waals surface area contributed by atoms with Crippen LogP contribution in [0.25, 0.3) is 11.0 Å². The molecule has 2 rings (SSSR count). The topological polar surface area (TPSA) is 121 Å². The lowest BCUT2D eigenvalue weighted by atomic mass is 10.2. The highest BCUT2D eigenvalue weighted by Gasteiger charge is 2.12. The van der Waals surface area contributed by atoms with Gasteiger partial charge in [-0.2, -0.15) is 0 Å². The molecule has 0 fully saturated rings. The number of rotatable bonds is 2. The Bertz CT molecular complexity index is 885. The number of nitrogens with zero attached hydrogens (tertiary/aromatic N) is 2. The van der Waals surface area contributed by atoms with Crippen molar-refractivity contribution in [2.75, 3.05) is 0 Å². The molecule has 0 saturated heterocycles. The second-order valence-corrected chi connectivity index (χ2v) is 5.53. The zero-order chi connectivity index (χ0) is 17.1. The number of hydrogen-bond acceptors (Lipinski definition) is 5. The molecule has 0 bridgehead atoms. The molecule has 0 aromatic carbocycles. The van der Waals surface area contributed by atoms with Crippen LogP contribution in [0.2, 0.25) is 0 Å². The number of hydrogen-bond donors (Lipinski definition) is 4. The molecule has 2 aromatic rings. The molecular weight excluding hydrogens is 320 g/mol. The average molecular weight is 336 g/mol. The number of fused-ring (bicyclic) bond motifs is 1. The summed E-state index contributed by atoms with van der Waals surface area (Å²) in [5.74, 6) is -0.513. The molecule has 9 nitrogen and oxygen atoms in total. The Balaban J connectivity index is 2.24. The van der Waals surface area contributed by atoms with Crippen molar-refractivity contribution in [1.82, 2.24) is 30.7 Å².